The predicted molar refractivity (Wildman–Crippen MR) is 130 cm³/mol. The van der Waals surface area contributed by atoms with Crippen molar-refractivity contribution in [1.82, 2.24) is 5.43 Å². The van der Waals surface area contributed by atoms with Crippen LogP contribution in [0.5, 0.6) is 5.75 Å². The molecule has 0 spiro atoms. The van der Waals surface area contributed by atoms with Gasteiger partial charge in [-0.05, 0) is 67.4 Å². The van der Waals surface area contributed by atoms with Crippen LogP contribution >= 0.6 is 0 Å². The van der Waals surface area contributed by atoms with Crippen LogP contribution in [0.3, 0.4) is 0 Å². The lowest BCUT2D eigenvalue weighted by atomic mass is 10.2. The first kappa shape index (κ1) is 24.0. The van der Waals surface area contributed by atoms with Gasteiger partial charge in [0, 0.05) is 0 Å². The van der Waals surface area contributed by atoms with Crippen LogP contribution < -0.4 is 14.5 Å². The Balaban J connectivity index is 1.72. The van der Waals surface area contributed by atoms with Crippen molar-refractivity contribution in [3.8, 4) is 5.75 Å². The van der Waals surface area contributed by atoms with E-state index in [1.54, 1.807) is 42.5 Å². The van der Waals surface area contributed by atoms with E-state index in [1.807, 2.05) is 38.1 Å². The van der Waals surface area contributed by atoms with Crippen molar-refractivity contribution in [2.24, 2.45) is 5.10 Å². The van der Waals surface area contributed by atoms with Crippen LogP contribution in [0.4, 0.5) is 5.69 Å². The van der Waals surface area contributed by atoms with Gasteiger partial charge >= 0.3 is 0 Å². The Kier molecular flexibility index (Phi) is 8.21. The molecule has 3 rings (SSSR count). The number of rotatable bonds is 10. The second-order valence-corrected chi connectivity index (χ2v) is 9.23. The van der Waals surface area contributed by atoms with Crippen LogP contribution in [0.15, 0.2) is 88.9 Å². The first-order valence-electron chi connectivity index (χ1n) is 10.6. The molecule has 0 aliphatic carbocycles. The highest BCUT2D eigenvalue weighted by molar-refractivity contribution is 7.92. The van der Waals surface area contributed by atoms with Crippen molar-refractivity contribution in [3.05, 3.63) is 90.0 Å². The molecule has 172 valence electrons. The zero-order valence-corrected chi connectivity index (χ0v) is 19.5. The quantitative estimate of drug-likeness (QED) is 0.360. The highest BCUT2D eigenvalue weighted by Gasteiger charge is 2.26. The molecule has 7 nitrogen and oxygen atoms in total. The fraction of sp³-hybridized carbons (Fsp3) is 0.200. The van der Waals surface area contributed by atoms with E-state index in [0.29, 0.717) is 12.3 Å². The Labute approximate surface area is 194 Å². The standard InChI is InChI=1S/C25H27N3O4S/c1-3-17-32-23-15-11-21(12-16-23)18-26-27-25(29)19-28(22-13-9-20(2)10-14-22)33(30,31)24-7-5-4-6-8-24/h4-16,18H,3,17,19H2,1-2H3,(H,27,29)/b26-18-. The van der Waals surface area contributed by atoms with Crippen molar-refractivity contribution in [3.63, 3.8) is 0 Å². The van der Waals surface area contributed by atoms with E-state index in [-0.39, 0.29) is 4.90 Å². The van der Waals surface area contributed by atoms with Crippen molar-refractivity contribution in [1.29, 1.82) is 0 Å². The van der Waals surface area contributed by atoms with Crippen LogP contribution in [0, 0.1) is 6.92 Å². The fourth-order valence-electron chi connectivity index (χ4n) is 2.96. The average Bonchev–Trinajstić information content (AvgIpc) is 2.83. The Morgan fingerprint density at radius 1 is 1.00 bits per heavy atom. The molecule has 0 saturated carbocycles. The Bertz CT molecular complexity index is 1180. The SMILES string of the molecule is CCCOc1ccc(/C=N\NC(=O)CN(c2ccc(C)cc2)S(=O)(=O)c2ccccc2)cc1. The van der Waals surface area contributed by atoms with Crippen molar-refractivity contribution < 1.29 is 17.9 Å². The van der Waals surface area contributed by atoms with Crippen molar-refractivity contribution >= 4 is 27.8 Å². The van der Waals surface area contributed by atoms with Gasteiger partial charge in [-0.2, -0.15) is 5.10 Å². The molecule has 0 aliphatic heterocycles. The maximum absolute atomic E-state index is 13.3. The monoisotopic (exact) mass is 465 g/mol. The van der Waals surface area contributed by atoms with Gasteiger partial charge in [0.2, 0.25) is 0 Å². The van der Waals surface area contributed by atoms with Crippen LogP contribution in [0.1, 0.15) is 24.5 Å². The summed E-state index contributed by atoms with van der Waals surface area (Å²) in [4.78, 5) is 12.7. The molecule has 8 heteroatoms. The Hall–Kier alpha value is -3.65. The van der Waals surface area contributed by atoms with E-state index in [2.05, 4.69) is 10.5 Å². The third-order valence-electron chi connectivity index (χ3n) is 4.70. The van der Waals surface area contributed by atoms with Crippen molar-refractivity contribution in [2.75, 3.05) is 17.5 Å². The van der Waals surface area contributed by atoms with Crippen LogP contribution in [0.25, 0.3) is 0 Å². The van der Waals surface area contributed by atoms with E-state index < -0.39 is 22.5 Å². The molecule has 0 aliphatic rings. The minimum Gasteiger partial charge on any atom is -0.494 e. The maximum atomic E-state index is 13.3. The highest BCUT2D eigenvalue weighted by atomic mass is 32.2. The number of ether oxygens (including phenoxy) is 1. The van der Waals surface area contributed by atoms with Gasteiger partial charge in [0.1, 0.15) is 12.3 Å². The second-order valence-electron chi connectivity index (χ2n) is 7.37. The average molecular weight is 466 g/mol. The summed E-state index contributed by atoms with van der Waals surface area (Å²) in [6.45, 7) is 4.17. The molecule has 0 saturated heterocycles. The van der Waals surface area contributed by atoms with Gasteiger partial charge in [0.25, 0.3) is 15.9 Å². The summed E-state index contributed by atoms with van der Waals surface area (Å²) >= 11 is 0. The number of nitrogens with zero attached hydrogens (tertiary/aromatic N) is 2. The van der Waals surface area contributed by atoms with E-state index in [1.165, 1.54) is 18.3 Å². The Morgan fingerprint density at radius 2 is 1.67 bits per heavy atom. The summed E-state index contributed by atoms with van der Waals surface area (Å²) in [6, 6.07) is 22.3. The molecule has 1 amide bonds. The van der Waals surface area contributed by atoms with E-state index in [0.717, 1.165) is 27.6 Å². The Morgan fingerprint density at radius 3 is 2.30 bits per heavy atom. The number of amides is 1. The number of hydrazone groups is 1. The molecule has 0 radical (unpaired) electrons. The summed E-state index contributed by atoms with van der Waals surface area (Å²) in [5.41, 5.74) is 4.56. The summed E-state index contributed by atoms with van der Waals surface area (Å²) in [7, 11) is -3.95. The summed E-state index contributed by atoms with van der Waals surface area (Å²) < 4.78 is 33.1. The molecule has 0 fully saturated rings. The number of carbonyl (C=O) groups excluding carboxylic acids is 1. The third kappa shape index (κ3) is 6.66. The number of carbonyl (C=O) groups is 1. The predicted octanol–water partition coefficient (Wildman–Crippen LogP) is 4.13. The molecule has 0 unspecified atom stereocenters. The van der Waals surface area contributed by atoms with E-state index in [9.17, 15) is 13.2 Å². The second kappa shape index (κ2) is 11.3. The molecule has 1 N–H and O–H groups in total. The molecule has 0 aromatic heterocycles. The number of hydrogen-bond donors (Lipinski definition) is 1. The molecule has 0 bridgehead atoms. The lowest BCUT2D eigenvalue weighted by molar-refractivity contribution is -0.119. The van der Waals surface area contributed by atoms with E-state index >= 15 is 0 Å². The lowest BCUT2D eigenvalue weighted by Crippen LogP contribution is -2.39. The number of sulfonamides is 1. The largest absolute Gasteiger partial charge is 0.494 e. The number of aryl methyl sites for hydroxylation is 1. The number of nitrogens with one attached hydrogen (secondary N) is 1. The van der Waals surface area contributed by atoms with Crippen molar-refractivity contribution in [2.45, 2.75) is 25.2 Å². The van der Waals surface area contributed by atoms with Gasteiger partial charge in [0.15, 0.2) is 0 Å². The molecular weight excluding hydrogens is 438 g/mol. The normalized spacial score (nSPS) is 11.3. The zero-order valence-electron chi connectivity index (χ0n) is 18.6. The van der Waals surface area contributed by atoms with Gasteiger partial charge in [-0.3, -0.25) is 9.10 Å². The summed E-state index contributed by atoms with van der Waals surface area (Å²) in [6.07, 6.45) is 2.41. The highest BCUT2D eigenvalue weighted by Crippen LogP contribution is 2.23. The van der Waals surface area contributed by atoms with Gasteiger partial charge in [-0.25, -0.2) is 13.8 Å². The van der Waals surface area contributed by atoms with Gasteiger partial charge in [0.05, 0.1) is 23.4 Å². The molecule has 3 aromatic rings. The molecule has 33 heavy (non-hydrogen) atoms. The molecule has 0 atom stereocenters. The zero-order chi connectivity index (χ0) is 23.7. The topological polar surface area (TPSA) is 88.1 Å². The first-order valence-corrected chi connectivity index (χ1v) is 12.0. The van der Waals surface area contributed by atoms with Crippen LogP contribution in [-0.2, 0) is 14.8 Å². The molecular formula is C25H27N3O4S. The number of anilines is 1. The maximum Gasteiger partial charge on any atom is 0.264 e. The van der Waals surface area contributed by atoms with Gasteiger partial charge < -0.3 is 4.74 Å². The minimum atomic E-state index is -3.95. The minimum absolute atomic E-state index is 0.104. The summed E-state index contributed by atoms with van der Waals surface area (Å²) in [5, 5.41) is 3.96. The fourth-order valence-corrected chi connectivity index (χ4v) is 4.40. The van der Waals surface area contributed by atoms with Crippen LogP contribution in [0.2, 0.25) is 0 Å². The molecule has 0 heterocycles. The smallest absolute Gasteiger partial charge is 0.264 e. The first-order chi connectivity index (χ1) is 15.9. The third-order valence-corrected chi connectivity index (χ3v) is 6.48. The van der Waals surface area contributed by atoms with Gasteiger partial charge in [-0.15, -0.1) is 0 Å². The number of hydrogen-bond acceptors (Lipinski definition) is 5. The number of benzene rings is 3. The lowest BCUT2D eigenvalue weighted by Gasteiger charge is -2.23. The van der Waals surface area contributed by atoms with Gasteiger partial charge in [-0.1, -0.05) is 42.8 Å². The molecule has 3 aromatic carbocycles. The van der Waals surface area contributed by atoms with Crippen LogP contribution in [-0.4, -0.2) is 33.7 Å². The van der Waals surface area contributed by atoms with E-state index in [4.69, 9.17) is 4.74 Å². The summed E-state index contributed by atoms with van der Waals surface area (Å²) in [5.74, 6) is 0.201.